The SMILES string of the molecule is CC[C@H](NC(=O)CN(c1ccccc1OC)S(C)(=O)=O)c1ccc2c(c1)CCCC2. The van der Waals surface area contributed by atoms with E-state index in [1.165, 1.54) is 31.1 Å². The normalized spacial score (nSPS) is 14.5. The van der Waals surface area contributed by atoms with Crippen LogP contribution in [0.15, 0.2) is 42.5 Å². The maximum atomic E-state index is 12.8. The second-order valence-corrected chi connectivity index (χ2v) is 9.61. The molecule has 2 aromatic carbocycles. The van der Waals surface area contributed by atoms with E-state index < -0.39 is 10.0 Å². The van der Waals surface area contributed by atoms with Crippen molar-refractivity contribution in [2.24, 2.45) is 0 Å². The number of benzene rings is 2. The zero-order valence-corrected chi connectivity index (χ0v) is 18.7. The number of hydrogen-bond acceptors (Lipinski definition) is 4. The Hall–Kier alpha value is -2.54. The molecule has 0 saturated heterocycles. The number of nitrogens with one attached hydrogen (secondary N) is 1. The van der Waals surface area contributed by atoms with Crippen LogP contribution in [-0.2, 0) is 27.7 Å². The molecule has 0 radical (unpaired) electrons. The summed E-state index contributed by atoms with van der Waals surface area (Å²) in [6, 6.07) is 13.0. The van der Waals surface area contributed by atoms with Crippen molar-refractivity contribution in [3.05, 3.63) is 59.2 Å². The Balaban J connectivity index is 1.79. The molecule has 0 bridgehead atoms. The van der Waals surface area contributed by atoms with Crippen LogP contribution < -0.4 is 14.4 Å². The molecule has 2 aromatic rings. The van der Waals surface area contributed by atoms with E-state index in [1.54, 1.807) is 24.3 Å². The molecule has 6 nitrogen and oxygen atoms in total. The fourth-order valence-electron chi connectivity index (χ4n) is 3.98. The Morgan fingerprint density at radius 2 is 1.83 bits per heavy atom. The van der Waals surface area contributed by atoms with Gasteiger partial charge in [0.15, 0.2) is 0 Å². The first-order chi connectivity index (χ1) is 14.3. The standard InChI is InChI=1S/C23H30N2O4S/c1-4-20(19-14-13-17-9-5-6-10-18(17)15-19)24-23(26)16-25(30(3,27)28)21-11-7-8-12-22(21)29-2/h7-8,11-15,20H,4-6,9-10,16H2,1-3H3,(H,24,26)/t20-/m0/s1. The van der Waals surface area contributed by atoms with Gasteiger partial charge in [-0.15, -0.1) is 0 Å². The van der Waals surface area contributed by atoms with Crippen LogP contribution in [0.1, 0.15) is 48.9 Å². The minimum Gasteiger partial charge on any atom is -0.495 e. The number of ether oxygens (including phenoxy) is 1. The minimum atomic E-state index is -3.67. The van der Waals surface area contributed by atoms with E-state index in [0.29, 0.717) is 11.4 Å². The van der Waals surface area contributed by atoms with Crippen molar-refractivity contribution in [2.45, 2.75) is 45.1 Å². The highest BCUT2D eigenvalue weighted by Crippen LogP contribution is 2.30. The molecule has 1 amide bonds. The third kappa shape index (κ3) is 5.14. The lowest BCUT2D eigenvalue weighted by Gasteiger charge is -2.26. The highest BCUT2D eigenvalue weighted by molar-refractivity contribution is 7.92. The van der Waals surface area contributed by atoms with E-state index in [9.17, 15) is 13.2 Å². The first-order valence-corrected chi connectivity index (χ1v) is 12.2. The summed E-state index contributed by atoms with van der Waals surface area (Å²) in [6.45, 7) is 1.71. The molecule has 0 aliphatic heterocycles. The summed E-state index contributed by atoms with van der Waals surface area (Å²) in [5.74, 6) is 0.0494. The molecule has 0 fully saturated rings. The summed E-state index contributed by atoms with van der Waals surface area (Å²) in [6.07, 6.45) is 6.42. The van der Waals surface area contributed by atoms with Gasteiger partial charge in [-0.2, -0.15) is 0 Å². The van der Waals surface area contributed by atoms with E-state index >= 15 is 0 Å². The Labute approximate surface area is 179 Å². The number of nitrogens with zero attached hydrogens (tertiary/aromatic N) is 1. The van der Waals surface area contributed by atoms with Gasteiger partial charge in [-0.25, -0.2) is 8.42 Å². The Morgan fingerprint density at radius 3 is 2.50 bits per heavy atom. The molecule has 0 spiro atoms. The molecule has 0 saturated carbocycles. The molecule has 1 N–H and O–H groups in total. The molecule has 3 rings (SSSR count). The second-order valence-electron chi connectivity index (χ2n) is 7.71. The summed E-state index contributed by atoms with van der Waals surface area (Å²) in [7, 11) is -2.20. The second kappa shape index (κ2) is 9.51. The first-order valence-electron chi connectivity index (χ1n) is 10.3. The van der Waals surface area contributed by atoms with Crippen LogP contribution in [0.5, 0.6) is 5.75 Å². The van der Waals surface area contributed by atoms with Crippen LogP contribution in [0.3, 0.4) is 0 Å². The molecule has 162 valence electrons. The molecule has 7 heteroatoms. The predicted molar refractivity (Wildman–Crippen MR) is 119 cm³/mol. The van der Waals surface area contributed by atoms with Gasteiger partial charge in [0.2, 0.25) is 15.9 Å². The van der Waals surface area contributed by atoms with Crippen molar-refractivity contribution >= 4 is 21.6 Å². The number of rotatable bonds is 8. The number of amides is 1. The predicted octanol–water partition coefficient (Wildman–Crippen LogP) is 3.61. The molecule has 0 aromatic heterocycles. The minimum absolute atomic E-state index is 0.163. The fraction of sp³-hybridized carbons (Fsp3) is 0.435. The van der Waals surface area contributed by atoms with Crippen LogP contribution in [0, 0.1) is 0 Å². The summed E-state index contributed by atoms with van der Waals surface area (Å²) in [5.41, 5.74) is 4.16. The van der Waals surface area contributed by atoms with E-state index in [1.807, 2.05) is 6.92 Å². The van der Waals surface area contributed by atoms with Crippen molar-refractivity contribution in [1.29, 1.82) is 0 Å². The van der Waals surface area contributed by atoms with Crippen molar-refractivity contribution in [1.82, 2.24) is 5.32 Å². The van der Waals surface area contributed by atoms with E-state index in [4.69, 9.17) is 4.74 Å². The smallest absolute Gasteiger partial charge is 0.241 e. The van der Waals surface area contributed by atoms with Crippen molar-refractivity contribution in [3.8, 4) is 5.75 Å². The number of anilines is 1. The molecule has 0 unspecified atom stereocenters. The van der Waals surface area contributed by atoms with Gasteiger partial charge in [-0.1, -0.05) is 37.3 Å². The summed E-state index contributed by atoms with van der Waals surface area (Å²) in [5, 5.41) is 3.01. The number of carbonyl (C=O) groups is 1. The molecule has 30 heavy (non-hydrogen) atoms. The number of sulfonamides is 1. The maximum Gasteiger partial charge on any atom is 0.241 e. The lowest BCUT2D eigenvalue weighted by atomic mass is 9.89. The van der Waals surface area contributed by atoms with E-state index in [2.05, 4.69) is 23.5 Å². The van der Waals surface area contributed by atoms with Crippen LogP contribution in [0.25, 0.3) is 0 Å². The number of methoxy groups -OCH3 is 1. The lowest BCUT2D eigenvalue weighted by molar-refractivity contribution is -0.120. The van der Waals surface area contributed by atoms with Crippen molar-refractivity contribution < 1.29 is 17.9 Å². The summed E-state index contributed by atoms with van der Waals surface area (Å²) >= 11 is 0. The third-order valence-corrected chi connectivity index (χ3v) is 6.69. The van der Waals surface area contributed by atoms with Gasteiger partial charge in [0.05, 0.1) is 25.1 Å². The molecule has 1 atom stereocenters. The Kier molecular flexibility index (Phi) is 7.02. The van der Waals surface area contributed by atoms with Crippen LogP contribution in [0.2, 0.25) is 0 Å². The van der Waals surface area contributed by atoms with Gasteiger partial charge in [0.1, 0.15) is 12.3 Å². The number of aryl methyl sites for hydroxylation is 2. The van der Waals surface area contributed by atoms with Gasteiger partial charge in [-0.3, -0.25) is 9.10 Å². The molecular weight excluding hydrogens is 400 g/mol. The van der Waals surface area contributed by atoms with E-state index in [-0.39, 0.29) is 18.5 Å². The van der Waals surface area contributed by atoms with Gasteiger partial charge in [0.25, 0.3) is 0 Å². The van der Waals surface area contributed by atoms with Crippen LogP contribution in [-0.4, -0.2) is 34.2 Å². The largest absolute Gasteiger partial charge is 0.495 e. The lowest BCUT2D eigenvalue weighted by Crippen LogP contribution is -2.41. The van der Waals surface area contributed by atoms with Crippen LogP contribution in [0.4, 0.5) is 5.69 Å². The fourth-order valence-corrected chi connectivity index (χ4v) is 4.84. The maximum absolute atomic E-state index is 12.8. The molecule has 1 aliphatic rings. The Bertz CT molecular complexity index is 1000. The van der Waals surface area contributed by atoms with E-state index in [0.717, 1.165) is 35.4 Å². The number of para-hydroxylation sites is 2. The van der Waals surface area contributed by atoms with Gasteiger partial charge < -0.3 is 10.1 Å². The quantitative estimate of drug-likeness (QED) is 0.694. The first kappa shape index (κ1) is 22.2. The van der Waals surface area contributed by atoms with Gasteiger partial charge in [-0.05, 0) is 60.9 Å². The zero-order valence-electron chi connectivity index (χ0n) is 17.8. The average Bonchev–Trinajstić information content (AvgIpc) is 2.74. The number of hydrogen-bond donors (Lipinski definition) is 1. The average molecular weight is 431 g/mol. The topological polar surface area (TPSA) is 75.7 Å². The van der Waals surface area contributed by atoms with Gasteiger partial charge >= 0.3 is 0 Å². The third-order valence-electron chi connectivity index (χ3n) is 5.56. The van der Waals surface area contributed by atoms with Crippen molar-refractivity contribution in [2.75, 3.05) is 24.2 Å². The zero-order chi connectivity index (χ0) is 21.7. The number of fused-ring (bicyclic) bond motifs is 1. The van der Waals surface area contributed by atoms with Crippen molar-refractivity contribution in [3.63, 3.8) is 0 Å². The molecule has 1 aliphatic carbocycles. The highest BCUT2D eigenvalue weighted by Gasteiger charge is 2.25. The number of carbonyl (C=O) groups excluding carboxylic acids is 1. The highest BCUT2D eigenvalue weighted by atomic mass is 32.2. The molecule has 0 heterocycles. The summed E-state index contributed by atoms with van der Waals surface area (Å²) < 4.78 is 31.2. The van der Waals surface area contributed by atoms with Gasteiger partial charge in [0, 0.05) is 0 Å². The summed E-state index contributed by atoms with van der Waals surface area (Å²) in [4.78, 5) is 12.8. The monoisotopic (exact) mass is 430 g/mol. The van der Waals surface area contributed by atoms with Crippen LogP contribution >= 0.6 is 0 Å². The Morgan fingerprint density at radius 1 is 1.13 bits per heavy atom. The molecular formula is C23H30N2O4S.